The standard InChI is InChI=1S/C20H19F3N6O/c21-20(22,23)16-7-9-29(26-16)14-18(30)28-12-10-27(11-13-28)17-6-8-24-19(25-17)15-4-2-1-3-5-15/h1-9H,10-14H2. The maximum absolute atomic E-state index is 12.6. The van der Waals surface area contributed by atoms with E-state index in [9.17, 15) is 18.0 Å². The maximum Gasteiger partial charge on any atom is 0.435 e. The van der Waals surface area contributed by atoms with Crippen LogP contribution in [0, 0.1) is 0 Å². The fourth-order valence-corrected chi connectivity index (χ4v) is 3.28. The lowest BCUT2D eigenvalue weighted by atomic mass is 10.2. The van der Waals surface area contributed by atoms with Crippen LogP contribution in [0.25, 0.3) is 11.4 Å². The van der Waals surface area contributed by atoms with Crippen molar-refractivity contribution in [2.45, 2.75) is 12.7 Å². The van der Waals surface area contributed by atoms with Crippen LogP contribution in [0.2, 0.25) is 0 Å². The van der Waals surface area contributed by atoms with E-state index < -0.39 is 11.9 Å². The van der Waals surface area contributed by atoms with Gasteiger partial charge in [-0.15, -0.1) is 0 Å². The number of alkyl halides is 3. The first kappa shape index (κ1) is 19.9. The average Bonchev–Trinajstić information content (AvgIpc) is 3.24. The van der Waals surface area contributed by atoms with Gasteiger partial charge in [0.2, 0.25) is 5.91 Å². The third-order valence-electron chi connectivity index (χ3n) is 4.86. The molecule has 0 bridgehead atoms. The Labute approximate surface area is 170 Å². The molecular weight excluding hydrogens is 397 g/mol. The number of carbonyl (C=O) groups is 1. The quantitative estimate of drug-likeness (QED) is 0.654. The largest absolute Gasteiger partial charge is 0.435 e. The highest BCUT2D eigenvalue weighted by molar-refractivity contribution is 5.76. The molecule has 0 N–H and O–H groups in total. The summed E-state index contributed by atoms with van der Waals surface area (Å²) in [5, 5.41) is 3.43. The van der Waals surface area contributed by atoms with Gasteiger partial charge < -0.3 is 9.80 Å². The van der Waals surface area contributed by atoms with Gasteiger partial charge in [0.05, 0.1) is 0 Å². The lowest BCUT2D eigenvalue weighted by Gasteiger charge is -2.35. The molecule has 156 valence electrons. The third kappa shape index (κ3) is 4.42. The Hall–Kier alpha value is -3.43. The monoisotopic (exact) mass is 416 g/mol. The van der Waals surface area contributed by atoms with Crippen LogP contribution >= 0.6 is 0 Å². The number of hydrogen-bond acceptors (Lipinski definition) is 5. The third-order valence-corrected chi connectivity index (χ3v) is 4.86. The molecule has 0 radical (unpaired) electrons. The van der Waals surface area contributed by atoms with E-state index in [1.807, 2.05) is 36.4 Å². The Bertz CT molecular complexity index is 1010. The van der Waals surface area contributed by atoms with Crippen LogP contribution in [0.3, 0.4) is 0 Å². The molecule has 7 nitrogen and oxygen atoms in total. The summed E-state index contributed by atoms with van der Waals surface area (Å²) >= 11 is 0. The minimum Gasteiger partial charge on any atom is -0.353 e. The fraction of sp³-hybridized carbons (Fsp3) is 0.300. The second-order valence-corrected chi connectivity index (χ2v) is 6.87. The van der Waals surface area contributed by atoms with E-state index in [-0.39, 0.29) is 12.5 Å². The highest BCUT2D eigenvalue weighted by Gasteiger charge is 2.33. The van der Waals surface area contributed by atoms with E-state index in [1.54, 1.807) is 11.1 Å². The van der Waals surface area contributed by atoms with Crippen LogP contribution in [0.15, 0.2) is 54.9 Å². The summed E-state index contributed by atoms with van der Waals surface area (Å²) in [6.45, 7) is 1.84. The van der Waals surface area contributed by atoms with Gasteiger partial charge in [-0.25, -0.2) is 9.97 Å². The van der Waals surface area contributed by atoms with Gasteiger partial charge in [-0.3, -0.25) is 9.48 Å². The summed E-state index contributed by atoms with van der Waals surface area (Å²) in [6, 6.07) is 12.3. The lowest BCUT2D eigenvalue weighted by Crippen LogP contribution is -2.49. The van der Waals surface area contributed by atoms with Gasteiger partial charge in [-0.2, -0.15) is 18.3 Å². The van der Waals surface area contributed by atoms with Crippen molar-refractivity contribution in [2.75, 3.05) is 31.1 Å². The number of nitrogens with zero attached hydrogens (tertiary/aromatic N) is 6. The molecule has 30 heavy (non-hydrogen) atoms. The van der Waals surface area contributed by atoms with Crippen LogP contribution in [0.5, 0.6) is 0 Å². The predicted molar refractivity (Wildman–Crippen MR) is 103 cm³/mol. The van der Waals surface area contributed by atoms with Crippen molar-refractivity contribution in [1.82, 2.24) is 24.6 Å². The van der Waals surface area contributed by atoms with Gasteiger partial charge in [0, 0.05) is 44.1 Å². The molecule has 0 saturated carbocycles. The molecule has 1 aromatic carbocycles. The smallest absolute Gasteiger partial charge is 0.353 e. The molecule has 3 heterocycles. The first-order valence-electron chi connectivity index (χ1n) is 9.42. The fourth-order valence-electron chi connectivity index (χ4n) is 3.28. The molecule has 3 aromatic rings. The molecule has 0 aliphatic carbocycles. The molecule has 1 fully saturated rings. The number of hydrogen-bond donors (Lipinski definition) is 0. The number of benzene rings is 1. The highest BCUT2D eigenvalue weighted by Crippen LogP contribution is 2.27. The highest BCUT2D eigenvalue weighted by atomic mass is 19.4. The van der Waals surface area contributed by atoms with Crippen molar-refractivity contribution in [1.29, 1.82) is 0 Å². The van der Waals surface area contributed by atoms with Gasteiger partial charge in [0.25, 0.3) is 0 Å². The van der Waals surface area contributed by atoms with E-state index in [0.717, 1.165) is 22.1 Å². The second kappa shape index (κ2) is 8.13. The molecule has 1 aliphatic rings. The van der Waals surface area contributed by atoms with Crippen molar-refractivity contribution in [3.8, 4) is 11.4 Å². The molecule has 1 aliphatic heterocycles. The van der Waals surface area contributed by atoms with Crippen molar-refractivity contribution in [3.63, 3.8) is 0 Å². The van der Waals surface area contributed by atoms with E-state index in [0.29, 0.717) is 32.0 Å². The van der Waals surface area contributed by atoms with Gasteiger partial charge in [0.1, 0.15) is 12.4 Å². The molecule has 0 atom stereocenters. The number of halogens is 3. The number of aromatic nitrogens is 4. The number of rotatable bonds is 4. The molecule has 10 heteroatoms. The lowest BCUT2D eigenvalue weighted by molar-refractivity contribution is -0.142. The Morgan fingerprint density at radius 1 is 1.00 bits per heavy atom. The minimum absolute atomic E-state index is 0.220. The van der Waals surface area contributed by atoms with Crippen LogP contribution in [0.1, 0.15) is 5.69 Å². The van der Waals surface area contributed by atoms with Crippen molar-refractivity contribution in [3.05, 3.63) is 60.6 Å². The zero-order valence-corrected chi connectivity index (χ0v) is 16.0. The summed E-state index contributed by atoms with van der Waals surface area (Å²) in [5.41, 5.74) is -0.0799. The van der Waals surface area contributed by atoms with Gasteiger partial charge in [-0.05, 0) is 12.1 Å². The van der Waals surface area contributed by atoms with Crippen LogP contribution in [-0.4, -0.2) is 56.7 Å². The number of piperazine rings is 1. The summed E-state index contributed by atoms with van der Waals surface area (Å²) in [7, 11) is 0. The zero-order valence-electron chi connectivity index (χ0n) is 16.0. The van der Waals surface area contributed by atoms with Gasteiger partial charge >= 0.3 is 6.18 Å². The average molecular weight is 416 g/mol. The van der Waals surface area contributed by atoms with Crippen molar-refractivity contribution in [2.24, 2.45) is 0 Å². The molecule has 0 unspecified atom stereocenters. The summed E-state index contributed by atoms with van der Waals surface area (Å²) in [4.78, 5) is 25.1. The normalized spacial score (nSPS) is 14.8. The van der Waals surface area contributed by atoms with Gasteiger partial charge in [0.15, 0.2) is 11.5 Å². The summed E-state index contributed by atoms with van der Waals surface area (Å²) in [6.07, 6.45) is -1.64. The maximum atomic E-state index is 12.6. The van der Waals surface area contributed by atoms with E-state index >= 15 is 0 Å². The predicted octanol–water partition coefficient (Wildman–Crippen LogP) is 2.71. The number of carbonyl (C=O) groups excluding carboxylic acids is 1. The summed E-state index contributed by atoms with van der Waals surface area (Å²) < 4.78 is 39.0. The molecule has 1 saturated heterocycles. The first-order chi connectivity index (χ1) is 14.4. The van der Waals surface area contributed by atoms with Crippen molar-refractivity contribution >= 4 is 11.7 Å². The van der Waals surface area contributed by atoms with Gasteiger partial charge in [-0.1, -0.05) is 30.3 Å². The Kier molecular flexibility index (Phi) is 5.39. The molecule has 1 amide bonds. The first-order valence-corrected chi connectivity index (χ1v) is 9.42. The number of amides is 1. The van der Waals surface area contributed by atoms with Crippen LogP contribution in [-0.2, 0) is 17.5 Å². The van der Waals surface area contributed by atoms with E-state index in [4.69, 9.17) is 0 Å². The topological polar surface area (TPSA) is 67.2 Å². The Morgan fingerprint density at radius 3 is 2.40 bits per heavy atom. The Morgan fingerprint density at radius 2 is 1.73 bits per heavy atom. The van der Waals surface area contributed by atoms with E-state index in [2.05, 4.69) is 20.0 Å². The van der Waals surface area contributed by atoms with Crippen LogP contribution < -0.4 is 4.90 Å². The second-order valence-electron chi connectivity index (χ2n) is 6.87. The number of anilines is 1. The molecular formula is C20H19F3N6O. The van der Waals surface area contributed by atoms with E-state index in [1.165, 1.54) is 6.20 Å². The molecule has 0 spiro atoms. The minimum atomic E-state index is -4.52. The Balaban J connectivity index is 1.36. The zero-order chi connectivity index (χ0) is 21.1. The SMILES string of the molecule is O=C(Cn1ccc(C(F)(F)F)n1)N1CCN(c2ccnc(-c3ccccc3)n2)CC1. The van der Waals surface area contributed by atoms with Crippen molar-refractivity contribution < 1.29 is 18.0 Å². The van der Waals surface area contributed by atoms with Crippen LogP contribution in [0.4, 0.5) is 19.0 Å². The molecule has 2 aromatic heterocycles. The molecule has 4 rings (SSSR count). The summed E-state index contributed by atoms with van der Waals surface area (Å²) in [5.74, 6) is 1.14.